The second-order valence-electron chi connectivity index (χ2n) is 7.00. The van der Waals surface area contributed by atoms with Crippen LogP contribution >= 0.6 is 0 Å². The van der Waals surface area contributed by atoms with Gasteiger partial charge in [-0.1, -0.05) is 48.5 Å². The molecule has 5 heteroatoms. The SMILES string of the molecule is O=C(NCCc1ncc2ccccn12)C(Cc1ccccc1)c1ccc(F)cc1. The Kier molecular flexibility index (Phi) is 5.66. The molecule has 0 saturated carbocycles. The van der Waals surface area contributed by atoms with Crippen molar-refractivity contribution in [3.05, 3.63) is 108 Å². The van der Waals surface area contributed by atoms with E-state index in [-0.39, 0.29) is 17.6 Å². The van der Waals surface area contributed by atoms with Crippen LogP contribution in [0.5, 0.6) is 0 Å². The molecule has 0 spiro atoms. The molecular weight excluding hydrogens is 365 g/mol. The summed E-state index contributed by atoms with van der Waals surface area (Å²) in [7, 11) is 0. The van der Waals surface area contributed by atoms with Gasteiger partial charge in [-0.05, 0) is 41.8 Å². The number of hydrogen-bond donors (Lipinski definition) is 1. The molecule has 0 aliphatic heterocycles. The molecule has 2 aromatic carbocycles. The quantitative estimate of drug-likeness (QED) is 0.518. The van der Waals surface area contributed by atoms with Gasteiger partial charge in [0.05, 0.1) is 17.6 Å². The third kappa shape index (κ3) is 4.51. The summed E-state index contributed by atoms with van der Waals surface area (Å²) in [4.78, 5) is 17.4. The van der Waals surface area contributed by atoms with Gasteiger partial charge in [-0.3, -0.25) is 4.79 Å². The summed E-state index contributed by atoms with van der Waals surface area (Å²) >= 11 is 0. The fourth-order valence-corrected chi connectivity index (χ4v) is 3.51. The van der Waals surface area contributed by atoms with Gasteiger partial charge in [-0.15, -0.1) is 0 Å². The van der Waals surface area contributed by atoms with Gasteiger partial charge in [0.15, 0.2) is 0 Å². The first-order valence-corrected chi connectivity index (χ1v) is 9.69. The fraction of sp³-hybridized carbons (Fsp3) is 0.167. The third-order valence-corrected chi connectivity index (χ3v) is 5.03. The van der Waals surface area contributed by atoms with Crippen LogP contribution in [0.15, 0.2) is 85.2 Å². The fourth-order valence-electron chi connectivity index (χ4n) is 3.51. The summed E-state index contributed by atoms with van der Waals surface area (Å²) in [5, 5.41) is 3.03. The van der Waals surface area contributed by atoms with E-state index in [1.54, 1.807) is 12.1 Å². The number of pyridine rings is 1. The second-order valence-corrected chi connectivity index (χ2v) is 7.00. The molecule has 0 saturated heterocycles. The number of rotatable bonds is 7. The lowest BCUT2D eigenvalue weighted by molar-refractivity contribution is -0.122. The molecule has 1 unspecified atom stereocenters. The van der Waals surface area contributed by atoms with Crippen LogP contribution in [-0.2, 0) is 17.6 Å². The highest BCUT2D eigenvalue weighted by Crippen LogP contribution is 2.22. The van der Waals surface area contributed by atoms with E-state index in [0.29, 0.717) is 19.4 Å². The maximum Gasteiger partial charge on any atom is 0.227 e. The lowest BCUT2D eigenvalue weighted by atomic mass is 9.91. The molecule has 2 heterocycles. The van der Waals surface area contributed by atoms with E-state index in [4.69, 9.17) is 0 Å². The molecular formula is C24H22FN3O. The summed E-state index contributed by atoms with van der Waals surface area (Å²) in [5.41, 5.74) is 2.90. The normalized spacial score (nSPS) is 12.0. The number of amides is 1. The van der Waals surface area contributed by atoms with Crippen LogP contribution in [0.2, 0.25) is 0 Å². The number of aromatic nitrogens is 2. The molecule has 146 valence electrons. The van der Waals surface area contributed by atoms with Crippen molar-refractivity contribution in [1.82, 2.24) is 14.7 Å². The van der Waals surface area contributed by atoms with Gasteiger partial charge in [0.25, 0.3) is 0 Å². The number of carbonyl (C=O) groups excluding carboxylic acids is 1. The molecule has 29 heavy (non-hydrogen) atoms. The highest BCUT2D eigenvalue weighted by Gasteiger charge is 2.21. The zero-order chi connectivity index (χ0) is 20.1. The maximum absolute atomic E-state index is 13.4. The molecule has 4 rings (SSSR count). The van der Waals surface area contributed by atoms with Crippen molar-refractivity contribution in [1.29, 1.82) is 0 Å². The van der Waals surface area contributed by atoms with Crippen molar-refractivity contribution in [2.75, 3.05) is 6.54 Å². The molecule has 4 aromatic rings. The van der Waals surface area contributed by atoms with Gasteiger partial charge in [0, 0.05) is 19.2 Å². The van der Waals surface area contributed by atoms with E-state index in [0.717, 1.165) is 22.5 Å². The van der Waals surface area contributed by atoms with Crippen LogP contribution in [-0.4, -0.2) is 21.8 Å². The number of nitrogens with one attached hydrogen (secondary N) is 1. The van der Waals surface area contributed by atoms with E-state index in [1.807, 2.05) is 65.3 Å². The first kappa shape index (κ1) is 18.9. The van der Waals surface area contributed by atoms with Crippen LogP contribution in [0.4, 0.5) is 4.39 Å². The van der Waals surface area contributed by atoms with Gasteiger partial charge < -0.3 is 9.72 Å². The van der Waals surface area contributed by atoms with Crippen LogP contribution in [0.3, 0.4) is 0 Å². The van der Waals surface area contributed by atoms with Crippen LogP contribution in [0, 0.1) is 5.82 Å². The highest BCUT2D eigenvalue weighted by molar-refractivity contribution is 5.84. The van der Waals surface area contributed by atoms with Gasteiger partial charge in [0.1, 0.15) is 11.6 Å². The van der Waals surface area contributed by atoms with Crippen molar-refractivity contribution in [2.24, 2.45) is 0 Å². The molecule has 0 radical (unpaired) electrons. The molecule has 1 N–H and O–H groups in total. The topological polar surface area (TPSA) is 46.4 Å². The first-order chi connectivity index (χ1) is 14.2. The van der Waals surface area contributed by atoms with Crippen molar-refractivity contribution in [3.8, 4) is 0 Å². The Balaban J connectivity index is 1.46. The highest BCUT2D eigenvalue weighted by atomic mass is 19.1. The predicted octanol–water partition coefficient (Wildman–Crippen LogP) is 4.16. The molecule has 0 aliphatic carbocycles. The van der Waals surface area contributed by atoms with Crippen molar-refractivity contribution >= 4 is 11.4 Å². The van der Waals surface area contributed by atoms with E-state index in [1.165, 1.54) is 12.1 Å². The lowest BCUT2D eigenvalue weighted by Crippen LogP contribution is -2.32. The Hall–Kier alpha value is -3.47. The third-order valence-electron chi connectivity index (χ3n) is 5.03. The van der Waals surface area contributed by atoms with Gasteiger partial charge in [-0.25, -0.2) is 9.37 Å². The number of hydrogen-bond acceptors (Lipinski definition) is 2. The largest absolute Gasteiger partial charge is 0.355 e. The van der Waals surface area contributed by atoms with Gasteiger partial charge in [0.2, 0.25) is 5.91 Å². The minimum atomic E-state index is -0.380. The standard InChI is InChI=1S/C24H22FN3O/c25-20-11-9-19(10-12-20)22(16-18-6-2-1-3-7-18)24(29)26-14-13-23-27-17-21-8-4-5-15-28(21)23/h1-12,15,17,22H,13-14,16H2,(H,26,29). The summed E-state index contributed by atoms with van der Waals surface area (Å²) < 4.78 is 15.4. The van der Waals surface area contributed by atoms with E-state index in [9.17, 15) is 9.18 Å². The average molecular weight is 387 g/mol. The number of halogens is 1. The first-order valence-electron chi connectivity index (χ1n) is 9.69. The second kappa shape index (κ2) is 8.69. The summed E-state index contributed by atoms with van der Waals surface area (Å²) in [5.74, 6) is 0.150. The Bertz CT molecular complexity index is 1090. The molecule has 1 atom stereocenters. The van der Waals surface area contributed by atoms with Gasteiger partial charge >= 0.3 is 0 Å². The number of imidazole rings is 1. The molecule has 4 nitrogen and oxygen atoms in total. The van der Waals surface area contributed by atoms with E-state index in [2.05, 4.69) is 10.3 Å². The monoisotopic (exact) mass is 387 g/mol. The van der Waals surface area contributed by atoms with Crippen LogP contribution in [0.1, 0.15) is 22.9 Å². The van der Waals surface area contributed by atoms with Crippen molar-refractivity contribution in [2.45, 2.75) is 18.8 Å². The van der Waals surface area contributed by atoms with Crippen molar-refractivity contribution < 1.29 is 9.18 Å². The predicted molar refractivity (Wildman–Crippen MR) is 111 cm³/mol. The molecule has 0 fully saturated rings. The average Bonchev–Trinajstić information content (AvgIpc) is 3.17. The molecule has 1 amide bonds. The Labute approximate surface area is 169 Å². The van der Waals surface area contributed by atoms with Gasteiger partial charge in [-0.2, -0.15) is 0 Å². The van der Waals surface area contributed by atoms with Crippen LogP contribution in [0.25, 0.3) is 5.52 Å². The van der Waals surface area contributed by atoms with Crippen LogP contribution < -0.4 is 5.32 Å². The molecule has 2 aromatic heterocycles. The van der Waals surface area contributed by atoms with Crippen molar-refractivity contribution in [3.63, 3.8) is 0 Å². The maximum atomic E-state index is 13.4. The van der Waals surface area contributed by atoms with E-state index < -0.39 is 0 Å². The summed E-state index contributed by atoms with van der Waals surface area (Å²) in [6, 6.07) is 22.0. The minimum absolute atomic E-state index is 0.0682. The zero-order valence-corrected chi connectivity index (χ0v) is 16.0. The minimum Gasteiger partial charge on any atom is -0.355 e. The number of benzene rings is 2. The molecule has 0 bridgehead atoms. The molecule has 0 aliphatic rings. The zero-order valence-electron chi connectivity index (χ0n) is 16.0. The number of carbonyl (C=O) groups is 1. The Morgan fingerprint density at radius 2 is 1.76 bits per heavy atom. The Morgan fingerprint density at radius 3 is 2.55 bits per heavy atom. The number of nitrogens with zero attached hydrogens (tertiary/aromatic N) is 2. The summed E-state index contributed by atoms with van der Waals surface area (Å²) in [6.45, 7) is 0.485. The Morgan fingerprint density at radius 1 is 1.00 bits per heavy atom. The summed E-state index contributed by atoms with van der Waals surface area (Å²) in [6.07, 6.45) is 4.99. The number of fused-ring (bicyclic) bond motifs is 1. The smallest absolute Gasteiger partial charge is 0.227 e. The lowest BCUT2D eigenvalue weighted by Gasteiger charge is -2.17. The van der Waals surface area contributed by atoms with E-state index >= 15 is 0 Å².